The minimum Gasteiger partial charge on any atom is -0.494 e. The third-order valence-electron chi connectivity index (χ3n) is 5.13. The number of anilines is 2. The lowest BCUT2D eigenvalue weighted by molar-refractivity contribution is -0.114. The highest BCUT2D eigenvalue weighted by Crippen LogP contribution is 2.27. The van der Waals surface area contributed by atoms with E-state index in [1.807, 2.05) is 39.0 Å². The summed E-state index contributed by atoms with van der Waals surface area (Å²) in [5, 5.41) is 3.33. The van der Waals surface area contributed by atoms with Crippen molar-refractivity contribution >= 4 is 38.9 Å². The molecule has 0 aliphatic carbocycles. The summed E-state index contributed by atoms with van der Waals surface area (Å²) >= 11 is 5.94. The lowest BCUT2D eigenvalue weighted by Crippen LogP contribution is -2.38. The van der Waals surface area contributed by atoms with Gasteiger partial charge in [0.1, 0.15) is 12.3 Å². The number of nitrogens with zero attached hydrogens (tertiary/aromatic N) is 1. The first-order valence-corrected chi connectivity index (χ1v) is 12.5. The van der Waals surface area contributed by atoms with Crippen LogP contribution in [0, 0.1) is 6.92 Å². The maximum atomic E-state index is 13.5. The van der Waals surface area contributed by atoms with E-state index in [0.717, 1.165) is 21.9 Å². The van der Waals surface area contributed by atoms with Gasteiger partial charge in [0, 0.05) is 10.7 Å². The van der Waals surface area contributed by atoms with Crippen molar-refractivity contribution in [2.75, 3.05) is 22.8 Å². The molecule has 3 aromatic rings. The number of aryl methyl sites for hydroxylation is 2. The molecule has 0 bridgehead atoms. The summed E-state index contributed by atoms with van der Waals surface area (Å²) in [6, 6.07) is 18.2. The highest BCUT2D eigenvalue weighted by atomic mass is 35.5. The molecule has 1 N–H and O–H groups in total. The van der Waals surface area contributed by atoms with Gasteiger partial charge in [-0.25, -0.2) is 8.42 Å². The van der Waals surface area contributed by atoms with Gasteiger partial charge in [-0.3, -0.25) is 9.10 Å². The third kappa shape index (κ3) is 5.86. The molecule has 1 amide bonds. The number of carbonyl (C=O) groups is 1. The summed E-state index contributed by atoms with van der Waals surface area (Å²) in [7, 11) is -4.04. The monoisotopic (exact) mass is 486 g/mol. The molecule has 0 radical (unpaired) electrons. The van der Waals surface area contributed by atoms with Gasteiger partial charge >= 0.3 is 0 Å². The molecule has 174 valence electrons. The van der Waals surface area contributed by atoms with Crippen LogP contribution in [-0.4, -0.2) is 27.5 Å². The van der Waals surface area contributed by atoms with Gasteiger partial charge in [-0.05, 0) is 79.9 Å². The molecular weight excluding hydrogens is 460 g/mol. The zero-order valence-corrected chi connectivity index (χ0v) is 20.4. The minimum atomic E-state index is -4.04. The Morgan fingerprint density at radius 3 is 2.27 bits per heavy atom. The summed E-state index contributed by atoms with van der Waals surface area (Å²) in [6.07, 6.45) is 0.739. The van der Waals surface area contributed by atoms with Crippen molar-refractivity contribution < 1.29 is 17.9 Å². The highest BCUT2D eigenvalue weighted by molar-refractivity contribution is 7.92. The number of carbonyl (C=O) groups excluding carboxylic acids is 1. The molecule has 0 aromatic heterocycles. The fourth-order valence-corrected chi connectivity index (χ4v) is 4.98. The molecular formula is C25H27ClN2O4S. The molecule has 33 heavy (non-hydrogen) atoms. The van der Waals surface area contributed by atoms with Crippen LogP contribution >= 0.6 is 11.6 Å². The molecule has 0 unspecified atom stereocenters. The molecule has 0 aliphatic rings. The number of hydrogen-bond acceptors (Lipinski definition) is 4. The van der Waals surface area contributed by atoms with Crippen LogP contribution in [0.1, 0.15) is 25.0 Å². The van der Waals surface area contributed by atoms with E-state index in [2.05, 4.69) is 5.32 Å². The van der Waals surface area contributed by atoms with Crippen molar-refractivity contribution in [2.24, 2.45) is 0 Å². The molecule has 0 heterocycles. The Morgan fingerprint density at radius 2 is 1.67 bits per heavy atom. The zero-order valence-electron chi connectivity index (χ0n) is 18.8. The first kappa shape index (κ1) is 24.6. The van der Waals surface area contributed by atoms with Crippen molar-refractivity contribution in [3.8, 4) is 5.75 Å². The van der Waals surface area contributed by atoms with Gasteiger partial charge in [0.15, 0.2) is 0 Å². The number of nitrogens with one attached hydrogen (secondary N) is 1. The van der Waals surface area contributed by atoms with E-state index < -0.39 is 22.5 Å². The molecule has 0 spiro atoms. The molecule has 0 fully saturated rings. The predicted molar refractivity (Wildman–Crippen MR) is 133 cm³/mol. The van der Waals surface area contributed by atoms with Crippen LogP contribution in [-0.2, 0) is 21.2 Å². The Bertz CT molecular complexity index is 1210. The quantitative estimate of drug-likeness (QED) is 0.436. The van der Waals surface area contributed by atoms with Gasteiger partial charge in [-0.1, -0.05) is 36.7 Å². The first-order chi connectivity index (χ1) is 15.8. The minimum absolute atomic E-state index is 0.0405. The highest BCUT2D eigenvalue weighted by Gasteiger charge is 2.27. The van der Waals surface area contributed by atoms with Crippen molar-refractivity contribution in [3.05, 3.63) is 82.9 Å². The Hall–Kier alpha value is -3.03. The number of amides is 1. The Balaban J connectivity index is 1.96. The SMILES string of the molecule is CCOc1ccc(N(CC(=O)Nc2c(C)cccc2CC)S(=O)(=O)c2ccc(Cl)cc2)cc1. The molecule has 0 atom stereocenters. The van der Waals surface area contributed by atoms with Gasteiger partial charge in [0.05, 0.1) is 17.2 Å². The average molecular weight is 487 g/mol. The van der Waals surface area contributed by atoms with Crippen LogP contribution in [0.5, 0.6) is 5.75 Å². The lowest BCUT2D eigenvalue weighted by Gasteiger charge is -2.25. The number of benzene rings is 3. The summed E-state index contributed by atoms with van der Waals surface area (Å²) in [5.41, 5.74) is 2.96. The van der Waals surface area contributed by atoms with Gasteiger partial charge in [0.2, 0.25) is 5.91 Å². The fraction of sp³-hybridized carbons (Fsp3) is 0.240. The predicted octanol–water partition coefficient (Wildman–Crippen LogP) is 5.44. The summed E-state index contributed by atoms with van der Waals surface area (Å²) in [5.74, 6) is 0.174. The van der Waals surface area contributed by atoms with Crippen molar-refractivity contribution in [1.82, 2.24) is 0 Å². The molecule has 3 rings (SSSR count). The number of hydrogen-bond donors (Lipinski definition) is 1. The largest absolute Gasteiger partial charge is 0.494 e. The molecule has 0 saturated carbocycles. The van der Waals surface area contributed by atoms with E-state index in [0.29, 0.717) is 28.8 Å². The standard InChI is InChI=1S/C25H27ClN2O4S/c1-4-19-8-6-7-18(3)25(19)27-24(29)17-28(21-11-13-22(14-12-21)32-5-2)33(30,31)23-15-9-20(26)10-16-23/h6-16H,4-5,17H2,1-3H3,(H,27,29). The van der Waals surface area contributed by atoms with E-state index >= 15 is 0 Å². The molecule has 8 heteroatoms. The summed E-state index contributed by atoms with van der Waals surface area (Å²) in [4.78, 5) is 13.1. The Kier molecular flexibility index (Phi) is 8.00. The number of sulfonamides is 1. The van der Waals surface area contributed by atoms with Crippen LogP contribution in [0.2, 0.25) is 5.02 Å². The number of rotatable bonds is 9. The molecule has 6 nitrogen and oxygen atoms in total. The second-order valence-electron chi connectivity index (χ2n) is 7.40. The zero-order chi connectivity index (χ0) is 24.0. The second kappa shape index (κ2) is 10.7. The normalized spacial score (nSPS) is 11.2. The van der Waals surface area contributed by atoms with Crippen LogP contribution in [0.3, 0.4) is 0 Å². The van der Waals surface area contributed by atoms with Crippen molar-refractivity contribution in [3.63, 3.8) is 0 Å². The molecule has 3 aromatic carbocycles. The van der Waals surface area contributed by atoms with E-state index in [4.69, 9.17) is 16.3 Å². The smallest absolute Gasteiger partial charge is 0.264 e. The van der Waals surface area contributed by atoms with Gasteiger partial charge in [-0.15, -0.1) is 0 Å². The van der Waals surface area contributed by atoms with Gasteiger partial charge in [0.25, 0.3) is 10.0 Å². The van der Waals surface area contributed by atoms with Crippen LogP contribution in [0.25, 0.3) is 0 Å². The van der Waals surface area contributed by atoms with Crippen LogP contribution < -0.4 is 14.4 Å². The van der Waals surface area contributed by atoms with Crippen LogP contribution in [0.15, 0.2) is 71.6 Å². The summed E-state index contributed by atoms with van der Waals surface area (Å²) in [6.45, 7) is 5.87. The number of halogens is 1. The average Bonchev–Trinajstić information content (AvgIpc) is 2.80. The summed E-state index contributed by atoms with van der Waals surface area (Å²) < 4.78 is 33.6. The van der Waals surface area contributed by atoms with Crippen molar-refractivity contribution in [1.29, 1.82) is 0 Å². The molecule has 0 saturated heterocycles. The Morgan fingerprint density at radius 1 is 1.00 bits per heavy atom. The fourth-order valence-electron chi connectivity index (χ4n) is 3.44. The second-order valence-corrected chi connectivity index (χ2v) is 9.70. The van der Waals surface area contributed by atoms with Crippen molar-refractivity contribution in [2.45, 2.75) is 32.1 Å². The number of ether oxygens (including phenoxy) is 1. The molecule has 0 aliphatic heterocycles. The number of para-hydroxylation sites is 1. The maximum Gasteiger partial charge on any atom is 0.264 e. The topological polar surface area (TPSA) is 75.7 Å². The maximum absolute atomic E-state index is 13.5. The lowest BCUT2D eigenvalue weighted by atomic mass is 10.1. The Labute approximate surface area is 200 Å². The first-order valence-electron chi connectivity index (χ1n) is 10.7. The van der Waals surface area contributed by atoms with Gasteiger partial charge in [-0.2, -0.15) is 0 Å². The van der Waals surface area contributed by atoms with E-state index in [9.17, 15) is 13.2 Å². The van der Waals surface area contributed by atoms with Crippen LogP contribution in [0.4, 0.5) is 11.4 Å². The van der Waals surface area contributed by atoms with E-state index in [1.165, 1.54) is 24.3 Å². The van der Waals surface area contributed by atoms with E-state index in [-0.39, 0.29) is 4.90 Å². The van der Waals surface area contributed by atoms with Gasteiger partial charge < -0.3 is 10.1 Å². The third-order valence-corrected chi connectivity index (χ3v) is 7.17. The van der Waals surface area contributed by atoms with E-state index in [1.54, 1.807) is 24.3 Å².